The summed E-state index contributed by atoms with van der Waals surface area (Å²) in [5, 5.41) is 12.5. The molecule has 6 heteroatoms. The predicted molar refractivity (Wildman–Crippen MR) is 113 cm³/mol. The topological polar surface area (TPSA) is 84.9 Å². The number of amides is 1. The summed E-state index contributed by atoms with van der Waals surface area (Å²) in [5.41, 5.74) is 1.02. The van der Waals surface area contributed by atoms with Crippen molar-refractivity contribution >= 4 is 18.0 Å². The smallest absolute Gasteiger partial charge is 0.331 e. The number of hydrogen-bond acceptors (Lipinski definition) is 5. The number of carbonyl (C=O) groups is 2. The van der Waals surface area contributed by atoms with Crippen molar-refractivity contribution < 1.29 is 24.2 Å². The first kappa shape index (κ1) is 22.8. The van der Waals surface area contributed by atoms with E-state index in [0.29, 0.717) is 22.6 Å². The van der Waals surface area contributed by atoms with Gasteiger partial charge >= 0.3 is 5.97 Å². The van der Waals surface area contributed by atoms with Crippen molar-refractivity contribution in [1.82, 2.24) is 5.32 Å². The highest BCUT2D eigenvalue weighted by Crippen LogP contribution is 2.40. The summed E-state index contributed by atoms with van der Waals surface area (Å²) in [6.07, 6.45) is 8.12. The van der Waals surface area contributed by atoms with Crippen LogP contribution in [0.4, 0.5) is 0 Å². The Morgan fingerprint density at radius 1 is 1.24 bits per heavy atom. The van der Waals surface area contributed by atoms with Gasteiger partial charge in [-0.05, 0) is 60.8 Å². The number of aromatic hydroxyl groups is 1. The van der Waals surface area contributed by atoms with Crippen LogP contribution in [0.5, 0.6) is 11.5 Å². The second-order valence-electron chi connectivity index (χ2n) is 8.33. The maximum Gasteiger partial charge on any atom is 0.331 e. The van der Waals surface area contributed by atoms with Gasteiger partial charge in [-0.2, -0.15) is 0 Å². The van der Waals surface area contributed by atoms with Gasteiger partial charge in [0.05, 0.1) is 7.11 Å². The van der Waals surface area contributed by atoms with Crippen LogP contribution < -0.4 is 10.1 Å². The van der Waals surface area contributed by atoms with Crippen molar-refractivity contribution in [3.05, 3.63) is 29.8 Å². The molecule has 0 atom stereocenters. The van der Waals surface area contributed by atoms with Crippen molar-refractivity contribution in [2.24, 2.45) is 11.3 Å². The summed E-state index contributed by atoms with van der Waals surface area (Å²) in [6.45, 7) is 6.58. The maximum atomic E-state index is 12.1. The molecular formula is C23H33NO5. The minimum Gasteiger partial charge on any atom is -0.504 e. The Balaban J connectivity index is 1.73. The average molecular weight is 404 g/mol. The fourth-order valence-corrected chi connectivity index (χ4v) is 3.72. The lowest BCUT2D eigenvalue weighted by Crippen LogP contribution is -2.41. The van der Waals surface area contributed by atoms with Gasteiger partial charge < -0.3 is 19.9 Å². The van der Waals surface area contributed by atoms with Gasteiger partial charge in [-0.3, -0.25) is 4.79 Å². The number of nitrogens with one attached hydrogen (secondary N) is 1. The molecule has 1 saturated carbocycles. The third kappa shape index (κ3) is 6.80. The van der Waals surface area contributed by atoms with Crippen LogP contribution in [0, 0.1) is 11.3 Å². The molecule has 0 aromatic heterocycles. The molecule has 2 N–H and O–H groups in total. The number of ether oxygens (including phenoxy) is 2. The lowest BCUT2D eigenvalue weighted by atomic mass is 9.69. The SMILES string of the molecule is CCC(C)(C)C1CCC(NC(=O)COC(=O)/C=C/c2ccc(O)c(OC)c2)CC1. The molecule has 0 aliphatic heterocycles. The van der Waals surface area contributed by atoms with E-state index in [0.717, 1.165) is 32.1 Å². The fourth-order valence-electron chi connectivity index (χ4n) is 3.72. The highest BCUT2D eigenvalue weighted by molar-refractivity contribution is 5.89. The third-order valence-corrected chi connectivity index (χ3v) is 6.07. The van der Waals surface area contributed by atoms with Crippen LogP contribution in [0.1, 0.15) is 58.4 Å². The van der Waals surface area contributed by atoms with Crippen LogP contribution >= 0.6 is 0 Å². The van der Waals surface area contributed by atoms with Crippen molar-refractivity contribution in [2.75, 3.05) is 13.7 Å². The largest absolute Gasteiger partial charge is 0.504 e. The second-order valence-corrected chi connectivity index (χ2v) is 8.33. The molecule has 1 aliphatic carbocycles. The Morgan fingerprint density at radius 2 is 1.93 bits per heavy atom. The zero-order valence-corrected chi connectivity index (χ0v) is 17.9. The number of benzene rings is 1. The van der Waals surface area contributed by atoms with E-state index in [1.807, 2.05) is 0 Å². The standard InChI is InChI=1S/C23H33NO5/c1-5-23(2,3)17-8-10-18(11-9-17)24-21(26)15-29-22(27)13-7-16-6-12-19(25)20(14-16)28-4/h6-7,12-14,17-18,25H,5,8-11,15H2,1-4H3,(H,24,26)/b13-7+. The highest BCUT2D eigenvalue weighted by Gasteiger charge is 2.32. The maximum absolute atomic E-state index is 12.1. The van der Waals surface area contributed by atoms with Gasteiger partial charge in [-0.25, -0.2) is 4.79 Å². The van der Waals surface area contributed by atoms with Crippen molar-refractivity contribution in [3.63, 3.8) is 0 Å². The Labute approximate surface area is 173 Å². The molecule has 1 aromatic rings. The molecule has 1 fully saturated rings. The molecule has 0 saturated heterocycles. The van der Waals surface area contributed by atoms with Crippen LogP contribution in [0.3, 0.4) is 0 Å². The van der Waals surface area contributed by atoms with Gasteiger partial charge in [-0.1, -0.05) is 33.3 Å². The molecule has 160 valence electrons. The van der Waals surface area contributed by atoms with E-state index >= 15 is 0 Å². The Hall–Kier alpha value is -2.50. The van der Waals surface area contributed by atoms with E-state index < -0.39 is 5.97 Å². The molecule has 1 aliphatic rings. The van der Waals surface area contributed by atoms with Gasteiger partial charge in [0.25, 0.3) is 5.91 Å². The summed E-state index contributed by atoms with van der Waals surface area (Å²) >= 11 is 0. The molecule has 6 nitrogen and oxygen atoms in total. The molecule has 1 aromatic carbocycles. The van der Waals surface area contributed by atoms with E-state index in [4.69, 9.17) is 9.47 Å². The third-order valence-electron chi connectivity index (χ3n) is 6.07. The van der Waals surface area contributed by atoms with Crippen molar-refractivity contribution in [2.45, 2.75) is 58.9 Å². The summed E-state index contributed by atoms with van der Waals surface area (Å²) in [7, 11) is 1.45. The van der Waals surface area contributed by atoms with Gasteiger partial charge in [0, 0.05) is 12.1 Å². The molecular weight excluding hydrogens is 370 g/mol. The fraction of sp³-hybridized carbons (Fsp3) is 0.565. The summed E-state index contributed by atoms with van der Waals surface area (Å²) in [4.78, 5) is 23.9. The number of esters is 1. The van der Waals surface area contributed by atoms with E-state index in [1.165, 1.54) is 19.3 Å². The molecule has 1 amide bonds. The van der Waals surface area contributed by atoms with Crippen LogP contribution in [0.25, 0.3) is 6.08 Å². The lowest BCUT2D eigenvalue weighted by molar-refractivity contribution is -0.144. The lowest BCUT2D eigenvalue weighted by Gasteiger charge is -2.39. The molecule has 0 radical (unpaired) electrons. The van der Waals surface area contributed by atoms with Crippen LogP contribution in [0.15, 0.2) is 24.3 Å². The van der Waals surface area contributed by atoms with Crippen LogP contribution in [0.2, 0.25) is 0 Å². The van der Waals surface area contributed by atoms with Gasteiger partial charge in [0.1, 0.15) is 0 Å². The molecule has 0 unspecified atom stereocenters. The first-order valence-electron chi connectivity index (χ1n) is 10.3. The summed E-state index contributed by atoms with van der Waals surface area (Å²) < 4.78 is 10.0. The molecule has 0 heterocycles. The number of phenolic OH excluding ortho intramolecular Hbond substituents is 1. The minimum absolute atomic E-state index is 0.0242. The Bertz CT molecular complexity index is 733. The zero-order valence-electron chi connectivity index (χ0n) is 17.9. The van der Waals surface area contributed by atoms with E-state index in [1.54, 1.807) is 18.2 Å². The molecule has 2 rings (SSSR count). The second kappa shape index (κ2) is 10.3. The quantitative estimate of drug-likeness (QED) is 0.505. The average Bonchev–Trinajstić information content (AvgIpc) is 2.72. The number of carbonyl (C=O) groups excluding carboxylic acids is 2. The Morgan fingerprint density at radius 3 is 2.55 bits per heavy atom. The number of methoxy groups -OCH3 is 1. The summed E-state index contributed by atoms with van der Waals surface area (Å²) in [6, 6.07) is 4.88. The van der Waals surface area contributed by atoms with Gasteiger partial charge in [-0.15, -0.1) is 0 Å². The van der Waals surface area contributed by atoms with E-state index in [-0.39, 0.29) is 24.3 Å². The first-order valence-corrected chi connectivity index (χ1v) is 10.3. The number of phenols is 1. The normalized spacial score (nSPS) is 19.7. The first-order chi connectivity index (χ1) is 13.7. The monoisotopic (exact) mass is 403 g/mol. The van der Waals surface area contributed by atoms with Gasteiger partial charge in [0.15, 0.2) is 18.1 Å². The minimum atomic E-state index is -0.597. The zero-order chi connectivity index (χ0) is 21.4. The molecule has 29 heavy (non-hydrogen) atoms. The van der Waals surface area contributed by atoms with Crippen molar-refractivity contribution in [1.29, 1.82) is 0 Å². The Kier molecular flexibility index (Phi) is 8.11. The number of hydrogen-bond donors (Lipinski definition) is 2. The van der Waals surface area contributed by atoms with E-state index in [9.17, 15) is 14.7 Å². The van der Waals surface area contributed by atoms with Crippen molar-refractivity contribution in [3.8, 4) is 11.5 Å². The van der Waals surface area contributed by atoms with Gasteiger partial charge in [0.2, 0.25) is 0 Å². The van der Waals surface area contributed by atoms with Crippen LogP contribution in [-0.2, 0) is 14.3 Å². The highest BCUT2D eigenvalue weighted by atomic mass is 16.5. The number of rotatable bonds is 8. The van der Waals surface area contributed by atoms with E-state index in [2.05, 4.69) is 26.1 Å². The van der Waals surface area contributed by atoms with Crippen LogP contribution in [-0.4, -0.2) is 36.7 Å². The molecule has 0 spiro atoms. The predicted octanol–water partition coefficient (Wildman–Crippen LogP) is 4.07. The summed E-state index contributed by atoms with van der Waals surface area (Å²) in [5.74, 6) is 0.173. The molecule has 0 bridgehead atoms.